The van der Waals surface area contributed by atoms with E-state index in [0.717, 1.165) is 17.3 Å². The third-order valence-corrected chi connectivity index (χ3v) is 3.60. The van der Waals surface area contributed by atoms with Gasteiger partial charge < -0.3 is 5.73 Å². The van der Waals surface area contributed by atoms with E-state index in [1.54, 1.807) is 30.5 Å². The van der Waals surface area contributed by atoms with Gasteiger partial charge in [0.15, 0.2) is 5.78 Å². The van der Waals surface area contributed by atoms with Crippen LogP contribution in [0.25, 0.3) is 0 Å². The summed E-state index contributed by atoms with van der Waals surface area (Å²) in [6, 6.07) is 8.06. The minimum atomic E-state index is -0.323. The Morgan fingerprint density at radius 1 is 1.42 bits per heavy atom. The van der Waals surface area contributed by atoms with Crippen molar-refractivity contribution in [3.8, 4) is 0 Å². The van der Waals surface area contributed by atoms with Gasteiger partial charge in [-0.2, -0.15) is 0 Å². The zero-order valence-corrected chi connectivity index (χ0v) is 11.2. The Morgan fingerprint density at radius 3 is 2.89 bits per heavy atom. The number of aromatic nitrogens is 1. The van der Waals surface area contributed by atoms with Gasteiger partial charge in [-0.3, -0.25) is 4.79 Å². The minimum absolute atomic E-state index is 0.135. The Kier molecular flexibility index (Phi) is 4.16. The number of aryl methyl sites for hydroxylation is 1. The molecule has 0 aliphatic heterocycles. The van der Waals surface area contributed by atoms with E-state index in [0.29, 0.717) is 10.5 Å². The van der Waals surface area contributed by atoms with Crippen LogP contribution in [-0.4, -0.2) is 16.5 Å². The number of nitrogens with zero attached hydrogens (tertiary/aromatic N) is 1. The van der Waals surface area contributed by atoms with Gasteiger partial charge in [0.2, 0.25) is 0 Å². The highest BCUT2D eigenvalue weighted by Gasteiger charge is 2.12. The molecule has 0 fully saturated rings. The van der Waals surface area contributed by atoms with Crippen LogP contribution in [0.3, 0.4) is 0 Å². The van der Waals surface area contributed by atoms with E-state index >= 15 is 0 Å². The molecule has 0 radical (unpaired) electrons. The molecule has 2 rings (SSSR count). The zero-order valence-electron chi connectivity index (χ0n) is 10.4. The standard InChI is InChI=1S/C14H13FN2OS/c1-9-6-10(14(16)17-7-9)12(18)8-19-13-5-3-2-4-11(13)15/h2-7H,8H2,1H3,(H2,16,17). The fourth-order valence-corrected chi connectivity index (χ4v) is 2.41. The van der Waals surface area contributed by atoms with E-state index in [-0.39, 0.29) is 23.2 Å². The average Bonchev–Trinajstić information content (AvgIpc) is 2.40. The predicted octanol–water partition coefficient (Wildman–Crippen LogP) is 3.09. The Bertz CT molecular complexity index is 616. The fraction of sp³-hybridized carbons (Fsp3) is 0.143. The lowest BCUT2D eigenvalue weighted by molar-refractivity contribution is 0.102. The number of carbonyl (C=O) groups is 1. The molecule has 0 aliphatic rings. The smallest absolute Gasteiger partial charge is 0.176 e. The molecule has 2 aromatic rings. The molecule has 0 atom stereocenters. The predicted molar refractivity (Wildman–Crippen MR) is 74.8 cm³/mol. The third kappa shape index (κ3) is 3.32. The average molecular weight is 276 g/mol. The quantitative estimate of drug-likeness (QED) is 0.688. The van der Waals surface area contributed by atoms with E-state index in [2.05, 4.69) is 4.98 Å². The molecule has 1 heterocycles. The molecule has 0 saturated carbocycles. The number of halogens is 1. The van der Waals surface area contributed by atoms with Crippen LogP contribution in [0.5, 0.6) is 0 Å². The lowest BCUT2D eigenvalue weighted by atomic mass is 10.1. The van der Waals surface area contributed by atoms with Gasteiger partial charge in [0.05, 0.1) is 11.3 Å². The highest BCUT2D eigenvalue weighted by atomic mass is 32.2. The lowest BCUT2D eigenvalue weighted by Gasteiger charge is -2.05. The second-order valence-corrected chi connectivity index (χ2v) is 5.10. The van der Waals surface area contributed by atoms with E-state index in [1.807, 2.05) is 6.92 Å². The number of anilines is 1. The van der Waals surface area contributed by atoms with Gasteiger partial charge >= 0.3 is 0 Å². The number of benzene rings is 1. The van der Waals surface area contributed by atoms with Crippen molar-refractivity contribution in [1.29, 1.82) is 0 Å². The van der Waals surface area contributed by atoms with Crippen LogP contribution < -0.4 is 5.73 Å². The van der Waals surface area contributed by atoms with Crippen LogP contribution in [0.4, 0.5) is 10.2 Å². The van der Waals surface area contributed by atoms with Crippen molar-refractivity contribution in [3.05, 3.63) is 53.5 Å². The first-order valence-corrected chi connectivity index (χ1v) is 6.69. The number of hydrogen-bond acceptors (Lipinski definition) is 4. The van der Waals surface area contributed by atoms with E-state index < -0.39 is 0 Å². The molecule has 1 aromatic heterocycles. The summed E-state index contributed by atoms with van der Waals surface area (Å²) in [5.74, 6) is -0.127. The normalized spacial score (nSPS) is 10.4. The lowest BCUT2D eigenvalue weighted by Crippen LogP contribution is -2.08. The zero-order chi connectivity index (χ0) is 13.8. The Labute approximate surface area is 115 Å². The van der Waals surface area contributed by atoms with Gasteiger partial charge in [0, 0.05) is 11.1 Å². The van der Waals surface area contributed by atoms with Crippen LogP contribution in [-0.2, 0) is 0 Å². The number of thioether (sulfide) groups is 1. The first kappa shape index (κ1) is 13.5. The first-order valence-electron chi connectivity index (χ1n) is 5.70. The Morgan fingerprint density at radius 2 is 2.16 bits per heavy atom. The van der Waals surface area contributed by atoms with Crippen molar-refractivity contribution >= 4 is 23.4 Å². The molecule has 0 spiro atoms. The van der Waals surface area contributed by atoms with Crippen LogP contribution in [0.1, 0.15) is 15.9 Å². The first-order chi connectivity index (χ1) is 9.08. The maximum Gasteiger partial charge on any atom is 0.176 e. The summed E-state index contributed by atoms with van der Waals surface area (Å²) in [5, 5.41) is 0. The molecule has 2 N–H and O–H groups in total. The van der Waals surface area contributed by atoms with Gasteiger partial charge in [-0.05, 0) is 30.7 Å². The molecule has 0 aliphatic carbocycles. The van der Waals surface area contributed by atoms with Crippen molar-refractivity contribution in [2.75, 3.05) is 11.5 Å². The molecule has 0 unspecified atom stereocenters. The Balaban J connectivity index is 2.10. The molecule has 0 amide bonds. The van der Waals surface area contributed by atoms with Crippen molar-refractivity contribution in [3.63, 3.8) is 0 Å². The molecule has 1 aromatic carbocycles. The molecular formula is C14H13FN2OS. The van der Waals surface area contributed by atoms with Crippen LogP contribution >= 0.6 is 11.8 Å². The summed E-state index contributed by atoms with van der Waals surface area (Å²) in [7, 11) is 0. The summed E-state index contributed by atoms with van der Waals surface area (Å²) in [6.07, 6.45) is 1.61. The number of Topliss-reactive ketones (excluding diaryl/α,β-unsaturated/α-hetero) is 1. The fourth-order valence-electron chi connectivity index (χ4n) is 1.59. The molecule has 0 saturated heterocycles. The largest absolute Gasteiger partial charge is 0.383 e. The summed E-state index contributed by atoms with van der Waals surface area (Å²) in [6.45, 7) is 1.84. The van der Waals surface area contributed by atoms with Crippen molar-refractivity contribution in [2.24, 2.45) is 0 Å². The molecule has 19 heavy (non-hydrogen) atoms. The van der Waals surface area contributed by atoms with E-state index in [9.17, 15) is 9.18 Å². The van der Waals surface area contributed by atoms with Gasteiger partial charge in [-0.25, -0.2) is 9.37 Å². The van der Waals surface area contributed by atoms with E-state index in [4.69, 9.17) is 5.73 Å². The molecule has 3 nitrogen and oxygen atoms in total. The number of ketones is 1. The van der Waals surface area contributed by atoms with Crippen molar-refractivity contribution < 1.29 is 9.18 Å². The number of carbonyl (C=O) groups excluding carboxylic acids is 1. The molecule has 0 bridgehead atoms. The monoisotopic (exact) mass is 276 g/mol. The highest BCUT2D eigenvalue weighted by Crippen LogP contribution is 2.23. The van der Waals surface area contributed by atoms with Crippen LogP contribution in [0.2, 0.25) is 0 Å². The summed E-state index contributed by atoms with van der Waals surface area (Å²) in [4.78, 5) is 16.4. The molecule has 5 heteroatoms. The third-order valence-electron chi connectivity index (χ3n) is 2.55. The highest BCUT2D eigenvalue weighted by molar-refractivity contribution is 8.00. The number of rotatable bonds is 4. The molecular weight excluding hydrogens is 263 g/mol. The second-order valence-electron chi connectivity index (χ2n) is 4.09. The number of hydrogen-bond donors (Lipinski definition) is 1. The van der Waals surface area contributed by atoms with Crippen molar-refractivity contribution in [1.82, 2.24) is 4.98 Å². The van der Waals surface area contributed by atoms with E-state index in [1.165, 1.54) is 6.07 Å². The van der Waals surface area contributed by atoms with Crippen LogP contribution in [0.15, 0.2) is 41.4 Å². The molecule has 98 valence electrons. The maximum absolute atomic E-state index is 13.4. The number of pyridine rings is 1. The SMILES string of the molecule is Cc1cnc(N)c(C(=O)CSc2ccccc2F)c1. The summed E-state index contributed by atoms with van der Waals surface area (Å²) < 4.78 is 13.4. The maximum atomic E-state index is 13.4. The topological polar surface area (TPSA) is 56.0 Å². The van der Waals surface area contributed by atoms with Gasteiger partial charge in [-0.15, -0.1) is 11.8 Å². The van der Waals surface area contributed by atoms with Gasteiger partial charge in [0.1, 0.15) is 11.6 Å². The number of nitrogen functional groups attached to an aromatic ring is 1. The van der Waals surface area contributed by atoms with Gasteiger partial charge in [0.25, 0.3) is 0 Å². The summed E-state index contributed by atoms with van der Waals surface area (Å²) in [5.41, 5.74) is 6.94. The summed E-state index contributed by atoms with van der Waals surface area (Å²) >= 11 is 1.16. The van der Waals surface area contributed by atoms with Crippen LogP contribution in [0, 0.1) is 12.7 Å². The second kappa shape index (κ2) is 5.84. The minimum Gasteiger partial charge on any atom is -0.383 e. The van der Waals surface area contributed by atoms with Gasteiger partial charge in [-0.1, -0.05) is 12.1 Å². The number of nitrogens with two attached hydrogens (primary N) is 1. The Hall–Kier alpha value is -1.88. The van der Waals surface area contributed by atoms with Crippen molar-refractivity contribution in [2.45, 2.75) is 11.8 Å².